The van der Waals surface area contributed by atoms with Gasteiger partial charge in [-0.1, -0.05) is 0 Å². The Hall–Kier alpha value is 0.0449. The van der Waals surface area contributed by atoms with Gasteiger partial charge in [0.25, 0.3) is 0 Å². The highest BCUT2D eigenvalue weighted by atomic mass is 31.1. The summed E-state index contributed by atoms with van der Waals surface area (Å²) in [6.45, 7) is 0.491. The summed E-state index contributed by atoms with van der Waals surface area (Å²) in [4.78, 5) is 0. The van der Waals surface area contributed by atoms with Gasteiger partial charge in [-0.05, 0) is 6.42 Å². The molecule has 0 radical (unpaired) electrons. The van der Waals surface area contributed by atoms with Crippen molar-refractivity contribution in [3.8, 4) is 0 Å². The van der Waals surface area contributed by atoms with Crippen molar-refractivity contribution in [2.75, 3.05) is 13.7 Å². The van der Waals surface area contributed by atoms with Crippen LogP contribution in [-0.4, -0.2) is 39.8 Å². The lowest BCUT2D eigenvalue weighted by Crippen LogP contribution is -2.26. The molecule has 0 amide bonds. The lowest BCUT2D eigenvalue weighted by Gasteiger charge is -2.14. The number of hydrogen-bond acceptors (Lipinski definition) is 4. The zero-order valence-corrected chi connectivity index (χ0v) is 8.12. The summed E-state index contributed by atoms with van der Waals surface area (Å²) in [5.41, 5.74) is 0. The van der Waals surface area contributed by atoms with Crippen LogP contribution in [-0.2, 0) is 18.6 Å². The maximum Gasteiger partial charge on any atom is 0.327 e. The molecule has 1 saturated heterocycles. The van der Waals surface area contributed by atoms with E-state index in [-0.39, 0.29) is 26.9 Å². The molecule has 0 spiro atoms. The standard InChI is InChI=1S/C6H12BO4P/c1-9-3-5-4(11-12-8)2-6(7)10-5/h4-6H,2-3,7H2,1H3/t4-,5?,6?/m1/s1. The third-order valence-corrected chi connectivity index (χ3v) is 2.25. The van der Waals surface area contributed by atoms with E-state index in [0.717, 1.165) is 6.42 Å². The van der Waals surface area contributed by atoms with Crippen LogP contribution < -0.4 is 0 Å². The Morgan fingerprint density at radius 1 is 1.75 bits per heavy atom. The van der Waals surface area contributed by atoms with Crippen molar-refractivity contribution in [1.29, 1.82) is 0 Å². The summed E-state index contributed by atoms with van der Waals surface area (Å²) < 4.78 is 25.6. The predicted molar refractivity (Wildman–Crippen MR) is 46.2 cm³/mol. The summed E-state index contributed by atoms with van der Waals surface area (Å²) in [6, 6.07) is 0.164. The van der Waals surface area contributed by atoms with Crippen LogP contribution in [0.4, 0.5) is 0 Å². The van der Waals surface area contributed by atoms with Gasteiger partial charge in [0.15, 0.2) is 0 Å². The molecular formula is C6H12BO4P. The van der Waals surface area contributed by atoms with E-state index >= 15 is 0 Å². The first-order chi connectivity index (χ1) is 5.77. The second-order valence-corrected chi connectivity index (χ2v) is 3.25. The van der Waals surface area contributed by atoms with Crippen molar-refractivity contribution in [3.63, 3.8) is 0 Å². The summed E-state index contributed by atoms with van der Waals surface area (Å²) in [5.74, 6) is 0. The Morgan fingerprint density at radius 3 is 3.08 bits per heavy atom. The number of rotatable bonds is 4. The minimum absolute atomic E-state index is 0.0774. The fraction of sp³-hybridized carbons (Fsp3) is 1.00. The van der Waals surface area contributed by atoms with E-state index in [4.69, 9.17) is 14.0 Å². The van der Waals surface area contributed by atoms with Gasteiger partial charge in [-0.3, -0.25) is 4.52 Å². The van der Waals surface area contributed by atoms with Gasteiger partial charge in [0.2, 0.25) is 0 Å². The van der Waals surface area contributed by atoms with Crippen LogP contribution in [0.2, 0.25) is 0 Å². The molecule has 0 N–H and O–H groups in total. The first-order valence-electron chi connectivity index (χ1n) is 3.90. The second-order valence-electron chi connectivity index (χ2n) is 2.89. The Labute approximate surface area is 74.3 Å². The number of ether oxygens (including phenoxy) is 2. The predicted octanol–water partition coefficient (Wildman–Crippen LogP) is -0.0272. The average Bonchev–Trinajstić information content (AvgIpc) is 2.33. The fourth-order valence-electron chi connectivity index (χ4n) is 1.40. The quantitative estimate of drug-likeness (QED) is 0.461. The van der Waals surface area contributed by atoms with Crippen LogP contribution >= 0.6 is 8.69 Å². The third-order valence-electron chi connectivity index (χ3n) is 1.90. The van der Waals surface area contributed by atoms with Gasteiger partial charge in [-0.25, -0.2) is 4.57 Å². The van der Waals surface area contributed by atoms with Crippen LogP contribution in [0.1, 0.15) is 6.42 Å². The van der Waals surface area contributed by atoms with Gasteiger partial charge in [-0.2, -0.15) is 0 Å². The van der Waals surface area contributed by atoms with E-state index in [0.29, 0.717) is 6.61 Å². The molecular weight excluding hydrogens is 178 g/mol. The molecule has 1 fully saturated rings. The molecule has 0 aromatic rings. The molecule has 1 aliphatic rings. The molecule has 0 bridgehead atoms. The Bertz CT molecular complexity index is 156. The molecule has 4 nitrogen and oxygen atoms in total. The molecule has 1 heterocycles. The first kappa shape index (κ1) is 10.1. The van der Waals surface area contributed by atoms with E-state index in [1.54, 1.807) is 7.11 Å². The third kappa shape index (κ3) is 2.52. The highest BCUT2D eigenvalue weighted by Crippen LogP contribution is 2.24. The van der Waals surface area contributed by atoms with Gasteiger partial charge >= 0.3 is 8.69 Å². The molecule has 68 valence electrons. The number of methoxy groups -OCH3 is 1. The Kier molecular flexibility index (Phi) is 4.16. The van der Waals surface area contributed by atoms with Crippen molar-refractivity contribution in [3.05, 3.63) is 0 Å². The van der Waals surface area contributed by atoms with Crippen molar-refractivity contribution >= 4 is 16.5 Å². The van der Waals surface area contributed by atoms with Crippen LogP contribution in [0.15, 0.2) is 0 Å². The molecule has 1 aliphatic heterocycles. The van der Waals surface area contributed by atoms with Crippen LogP contribution in [0.3, 0.4) is 0 Å². The molecule has 2 unspecified atom stereocenters. The summed E-state index contributed by atoms with van der Waals surface area (Å²) in [5, 5.41) is 0. The van der Waals surface area contributed by atoms with Crippen LogP contribution in [0.5, 0.6) is 0 Å². The van der Waals surface area contributed by atoms with E-state index in [9.17, 15) is 4.57 Å². The SMILES string of the molecule is BC1C[C@@H](OP=O)C(COC)O1. The van der Waals surface area contributed by atoms with Crippen molar-refractivity contribution in [2.24, 2.45) is 0 Å². The molecule has 6 heteroatoms. The van der Waals surface area contributed by atoms with Crippen molar-refractivity contribution in [1.82, 2.24) is 0 Å². The second kappa shape index (κ2) is 4.92. The maximum absolute atomic E-state index is 10.2. The maximum atomic E-state index is 10.2. The summed E-state index contributed by atoms with van der Waals surface area (Å²) >= 11 is 0. The van der Waals surface area contributed by atoms with E-state index in [1.165, 1.54) is 0 Å². The van der Waals surface area contributed by atoms with Gasteiger partial charge < -0.3 is 9.47 Å². The van der Waals surface area contributed by atoms with Gasteiger partial charge in [0, 0.05) is 13.1 Å². The molecule has 0 aromatic heterocycles. The summed E-state index contributed by atoms with van der Waals surface area (Å²) in [7, 11) is 3.29. The number of hydrogen-bond donors (Lipinski definition) is 0. The fourth-order valence-corrected chi connectivity index (χ4v) is 1.73. The van der Waals surface area contributed by atoms with E-state index in [2.05, 4.69) is 0 Å². The lowest BCUT2D eigenvalue weighted by molar-refractivity contribution is -0.00774. The molecule has 12 heavy (non-hydrogen) atoms. The molecule has 0 aliphatic carbocycles. The largest absolute Gasteiger partial charge is 0.382 e. The van der Waals surface area contributed by atoms with Gasteiger partial charge in [0.05, 0.1) is 6.61 Å². The van der Waals surface area contributed by atoms with E-state index in [1.807, 2.05) is 7.85 Å². The van der Waals surface area contributed by atoms with Crippen molar-refractivity contribution in [2.45, 2.75) is 24.6 Å². The minimum Gasteiger partial charge on any atom is -0.382 e. The topological polar surface area (TPSA) is 44.8 Å². The Balaban J connectivity index is 2.41. The normalized spacial score (nSPS) is 35.9. The molecule has 1 rings (SSSR count). The zero-order chi connectivity index (χ0) is 8.97. The monoisotopic (exact) mass is 190 g/mol. The Morgan fingerprint density at radius 2 is 2.50 bits per heavy atom. The molecule has 3 atom stereocenters. The smallest absolute Gasteiger partial charge is 0.327 e. The van der Waals surface area contributed by atoms with Crippen molar-refractivity contribution < 1.29 is 18.6 Å². The minimum atomic E-state index is -0.284. The average molecular weight is 190 g/mol. The zero-order valence-electron chi connectivity index (χ0n) is 7.23. The lowest BCUT2D eigenvalue weighted by atomic mass is 9.96. The van der Waals surface area contributed by atoms with Gasteiger partial charge in [0.1, 0.15) is 20.1 Å². The first-order valence-corrected chi connectivity index (χ1v) is 4.63. The highest BCUT2D eigenvalue weighted by Gasteiger charge is 2.33. The summed E-state index contributed by atoms with van der Waals surface area (Å²) in [6.07, 6.45) is 0.606. The molecule has 0 aromatic carbocycles. The van der Waals surface area contributed by atoms with E-state index < -0.39 is 0 Å². The van der Waals surface area contributed by atoms with Crippen LogP contribution in [0.25, 0.3) is 0 Å². The highest BCUT2D eigenvalue weighted by molar-refractivity contribution is 7.17. The molecule has 0 saturated carbocycles. The van der Waals surface area contributed by atoms with Gasteiger partial charge in [-0.15, -0.1) is 0 Å². The van der Waals surface area contributed by atoms with Crippen LogP contribution in [0, 0.1) is 0 Å².